The summed E-state index contributed by atoms with van der Waals surface area (Å²) in [7, 11) is 0. The molecule has 3 heterocycles. The highest BCUT2D eigenvalue weighted by molar-refractivity contribution is 7.10. The van der Waals surface area contributed by atoms with Crippen molar-refractivity contribution in [1.29, 1.82) is 0 Å². The Morgan fingerprint density at radius 1 is 1.17 bits per heavy atom. The summed E-state index contributed by atoms with van der Waals surface area (Å²) in [5.74, 6) is -0.142. The summed E-state index contributed by atoms with van der Waals surface area (Å²) in [6.07, 6.45) is 4.32. The molecule has 5 heteroatoms. The molecule has 0 unspecified atom stereocenters. The molecule has 3 aromatic rings. The third-order valence-electron chi connectivity index (χ3n) is 4.22. The maximum atomic E-state index is 12.1. The van der Waals surface area contributed by atoms with Crippen LogP contribution in [-0.2, 0) is 13.0 Å². The van der Waals surface area contributed by atoms with Crippen LogP contribution in [0.5, 0.6) is 0 Å². The van der Waals surface area contributed by atoms with E-state index in [2.05, 4.69) is 38.8 Å². The SMILES string of the molecule is O=C(Nc1ccc(N2CCc3sccc3C2)cc1)c1cccnc1. The first kappa shape index (κ1) is 14.9. The topological polar surface area (TPSA) is 45.2 Å². The Labute approximate surface area is 144 Å². The maximum Gasteiger partial charge on any atom is 0.257 e. The predicted molar refractivity (Wildman–Crippen MR) is 97.7 cm³/mol. The van der Waals surface area contributed by atoms with Crippen molar-refractivity contribution in [1.82, 2.24) is 4.98 Å². The summed E-state index contributed by atoms with van der Waals surface area (Å²) in [5, 5.41) is 5.08. The lowest BCUT2D eigenvalue weighted by atomic mass is 10.1. The lowest BCUT2D eigenvalue weighted by molar-refractivity contribution is 0.102. The van der Waals surface area contributed by atoms with E-state index >= 15 is 0 Å². The van der Waals surface area contributed by atoms with Gasteiger partial charge in [0.2, 0.25) is 0 Å². The van der Waals surface area contributed by atoms with Gasteiger partial charge in [-0.25, -0.2) is 0 Å². The van der Waals surface area contributed by atoms with E-state index in [1.807, 2.05) is 23.5 Å². The Balaban J connectivity index is 1.45. The van der Waals surface area contributed by atoms with Crippen LogP contribution >= 0.6 is 11.3 Å². The summed E-state index contributed by atoms with van der Waals surface area (Å²) >= 11 is 1.85. The first-order valence-corrected chi connectivity index (χ1v) is 8.79. The Hall–Kier alpha value is -2.66. The van der Waals surface area contributed by atoms with E-state index in [1.54, 1.807) is 24.5 Å². The molecule has 1 amide bonds. The van der Waals surface area contributed by atoms with Crippen molar-refractivity contribution in [2.24, 2.45) is 0 Å². The molecule has 120 valence electrons. The Bertz CT molecular complexity index is 843. The number of benzene rings is 1. The lowest BCUT2D eigenvalue weighted by Crippen LogP contribution is -2.29. The van der Waals surface area contributed by atoms with Gasteiger partial charge in [-0.2, -0.15) is 0 Å². The molecular formula is C19H17N3OS. The van der Waals surface area contributed by atoms with Gasteiger partial charge in [0.25, 0.3) is 5.91 Å². The van der Waals surface area contributed by atoms with Gasteiger partial charge < -0.3 is 10.2 Å². The molecule has 0 saturated carbocycles. The van der Waals surface area contributed by atoms with Gasteiger partial charge in [-0.05, 0) is 59.8 Å². The molecule has 0 atom stereocenters. The fraction of sp³-hybridized carbons (Fsp3) is 0.158. The van der Waals surface area contributed by atoms with Gasteiger partial charge in [-0.3, -0.25) is 9.78 Å². The van der Waals surface area contributed by atoms with E-state index in [4.69, 9.17) is 0 Å². The fourth-order valence-electron chi connectivity index (χ4n) is 2.92. The highest BCUT2D eigenvalue weighted by Crippen LogP contribution is 2.28. The van der Waals surface area contributed by atoms with Gasteiger partial charge in [-0.1, -0.05) is 0 Å². The van der Waals surface area contributed by atoms with Gasteiger partial charge in [-0.15, -0.1) is 11.3 Å². The summed E-state index contributed by atoms with van der Waals surface area (Å²) in [6, 6.07) is 13.8. The largest absolute Gasteiger partial charge is 0.367 e. The first-order valence-electron chi connectivity index (χ1n) is 7.91. The molecule has 0 radical (unpaired) electrons. The number of rotatable bonds is 3. The van der Waals surface area contributed by atoms with E-state index in [1.165, 1.54) is 16.1 Å². The molecule has 1 aliphatic rings. The van der Waals surface area contributed by atoms with Crippen molar-refractivity contribution in [2.45, 2.75) is 13.0 Å². The van der Waals surface area contributed by atoms with Gasteiger partial charge in [0.15, 0.2) is 0 Å². The normalized spacial score (nSPS) is 13.4. The Morgan fingerprint density at radius 2 is 2.04 bits per heavy atom. The number of anilines is 2. The van der Waals surface area contributed by atoms with Crippen LogP contribution in [0.1, 0.15) is 20.8 Å². The summed E-state index contributed by atoms with van der Waals surface area (Å²) < 4.78 is 0. The summed E-state index contributed by atoms with van der Waals surface area (Å²) in [6.45, 7) is 2.00. The molecule has 4 nitrogen and oxygen atoms in total. The van der Waals surface area contributed by atoms with Crippen LogP contribution in [0.25, 0.3) is 0 Å². The van der Waals surface area contributed by atoms with Crippen LogP contribution in [0, 0.1) is 0 Å². The third-order valence-corrected chi connectivity index (χ3v) is 5.24. The van der Waals surface area contributed by atoms with Crippen molar-refractivity contribution in [3.63, 3.8) is 0 Å². The number of nitrogens with one attached hydrogen (secondary N) is 1. The number of thiophene rings is 1. The van der Waals surface area contributed by atoms with E-state index in [-0.39, 0.29) is 5.91 Å². The number of hydrogen-bond donors (Lipinski definition) is 1. The Morgan fingerprint density at radius 3 is 2.83 bits per heavy atom. The molecule has 1 aromatic carbocycles. The monoisotopic (exact) mass is 335 g/mol. The smallest absolute Gasteiger partial charge is 0.257 e. The standard InChI is InChI=1S/C19H17N3OS/c23-19(14-2-1-9-20-12-14)21-16-3-5-17(6-4-16)22-10-7-18-15(13-22)8-11-24-18/h1-6,8-9,11-12H,7,10,13H2,(H,21,23). The summed E-state index contributed by atoms with van der Waals surface area (Å²) in [5.41, 5.74) is 3.97. The highest BCUT2D eigenvalue weighted by Gasteiger charge is 2.17. The Kier molecular flexibility index (Phi) is 4.01. The number of amides is 1. The lowest BCUT2D eigenvalue weighted by Gasteiger charge is -2.29. The maximum absolute atomic E-state index is 12.1. The number of pyridine rings is 1. The van der Waals surface area contributed by atoms with Crippen LogP contribution < -0.4 is 10.2 Å². The van der Waals surface area contributed by atoms with Gasteiger partial charge in [0, 0.05) is 41.7 Å². The van der Waals surface area contributed by atoms with Crippen molar-refractivity contribution >= 4 is 28.6 Å². The number of carbonyl (C=O) groups excluding carboxylic acids is 1. The first-order chi connectivity index (χ1) is 11.8. The summed E-state index contributed by atoms with van der Waals surface area (Å²) in [4.78, 5) is 20.0. The second kappa shape index (κ2) is 6.45. The molecule has 2 aromatic heterocycles. The van der Waals surface area contributed by atoms with E-state index in [9.17, 15) is 4.79 Å². The molecular weight excluding hydrogens is 318 g/mol. The number of carbonyl (C=O) groups is 1. The minimum atomic E-state index is -0.142. The average Bonchev–Trinajstić information content (AvgIpc) is 3.11. The minimum absolute atomic E-state index is 0.142. The number of fused-ring (bicyclic) bond motifs is 1. The number of aromatic nitrogens is 1. The van der Waals surface area contributed by atoms with Crippen molar-refractivity contribution in [3.8, 4) is 0 Å². The van der Waals surface area contributed by atoms with Crippen LogP contribution in [-0.4, -0.2) is 17.4 Å². The molecule has 1 N–H and O–H groups in total. The van der Waals surface area contributed by atoms with Crippen LogP contribution in [0.4, 0.5) is 11.4 Å². The number of hydrogen-bond acceptors (Lipinski definition) is 4. The van der Waals surface area contributed by atoms with Gasteiger partial charge in [0.1, 0.15) is 0 Å². The molecule has 0 aliphatic carbocycles. The molecule has 1 aliphatic heterocycles. The zero-order chi connectivity index (χ0) is 16.4. The quantitative estimate of drug-likeness (QED) is 0.788. The van der Waals surface area contributed by atoms with Crippen LogP contribution in [0.2, 0.25) is 0 Å². The third kappa shape index (κ3) is 3.03. The molecule has 24 heavy (non-hydrogen) atoms. The fourth-order valence-corrected chi connectivity index (χ4v) is 3.81. The van der Waals surface area contributed by atoms with Crippen molar-refractivity contribution in [2.75, 3.05) is 16.8 Å². The molecule has 0 fully saturated rings. The molecule has 0 spiro atoms. The zero-order valence-electron chi connectivity index (χ0n) is 13.1. The van der Waals surface area contributed by atoms with Crippen LogP contribution in [0.15, 0.2) is 60.2 Å². The van der Waals surface area contributed by atoms with Crippen LogP contribution in [0.3, 0.4) is 0 Å². The average molecular weight is 335 g/mol. The predicted octanol–water partition coefficient (Wildman–Crippen LogP) is 3.96. The zero-order valence-corrected chi connectivity index (χ0v) is 13.9. The van der Waals surface area contributed by atoms with Gasteiger partial charge >= 0.3 is 0 Å². The van der Waals surface area contributed by atoms with E-state index in [0.29, 0.717) is 5.56 Å². The van der Waals surface area contributed by atoms with E-state index in [0.717, 1.165) is 25.2 Å². The minimum Gasteiger partial charge on any atom is -0.367 e. The van der Waals surface area contributed by atoms with Crippen molar-refractivity contribution < 1.29 is 4.79 Å². The van der Waals surface area contributed by atoms with E-state index < -0.39 is 0 Å². The second-order valence-electron chi connectivity index (χ2n) is 5.78. The molecule has 0 bridgehead atoms. The molecule has 4 rings (SSSR count). The second-order valence-corrected chi connectivity index (χ2v) is 6.78. The van der Waals surface area contributed by atoms with Gasteiger partial charge in [0.05, 0.1) is 5.56 Å². The molecule has 0 saturated heterocycles. The van der Waals surface area contributed by atoms with Crippen molar-refractivity contribution in [3.05, 3.63) is 76.2 Å². The highest BCUT2D eigenvalue weighted by atomic mass is 32.1. The number of nitrogens with zero attached hydrogens (tertiary/aromatic N) is 2.